The summed E-state index contributed by atoms with van der Waals surface area (Å²) in [7, 11) is 0. The van der Waals surface area contributed by atoms with E-state index in [9.17, 15) is 0 Å². The minimum absolute atomic E-state index is 0.374. The van der Waals surface area contributed by atoms with Crippen molar-refractivity contribution in [2.45, 2.75) is 45.8 Å². The topological polar surface area (TPSA) is 12.5 Å². The van der Waals surface area contributed by atoms with Crippen molar-refractivity contribution >= 4 is 0 Å². The maximum Gasteiger partial charge on any atom is 0.0678 e. The van der Waals surface area contributed by atoms with Crippen LogP contribution in [0.4, 0.5) is 0 Å². The summed E-state index contributed by atoms with van der Waals surface area (Å²) >= 11 is 0. The molecular formula is C17H27NO. The Kier molecular flexibility index (Phi) is 5.41. The molecule has 0 spiro atoms. The fourth-order valence-corrected chi connectivity index (χ4v) is 3.16. The van der Waals surface area contributed by atoms with Crippen LogP contribution in [0.5, 0.6) is 0 Å². The zero-order valence-corrected chi connectivity index (χ0v) is 12.5. The van der Waals surface area contributed by atoms with Gasteiger partial charge in [-0.2, -0.15) is 0 Å². The Hall–Kier alpha value is -0.860. The van der Waals surface area contributed by atoms with E-state index in [0.717, 1.165) is 19.5 Å². The number of morpholine rings is 1. The number of nitrogens with zero attached hydrogens (tertiary/aromatic N) is 1. The molecule has 1 saturated heterocycles. The Morgan fingerprint density at radius 1 is 1.21 bits per heavy atom. The minimum Gasteiger partial charge on any atom is -0.373 e. The molecule has 0 aromatic rings. The number of rotatable bonds is 4. The fourth-order valence-electron chi connectivity index (χ4n) is 3.16. The third-order valence-electron chi connectivity index (χ3n) is 3.75. The van der Waals surface area contributed by atoms with E-state index < -0.39 is 0 Å². The van der Waals surface area contributed by atoms with Crippen LogP contribution in [0.25, 0.3) is 0 Å². The molecular weight excluding hydrogens is 234 g/mol. The van der Waals surface area contributed by atoms with Crippen molar-refractivity contribution in [3.63, 3.8) is 0 Å². The predicted molar refractivity (Wildman–Crippen MR) is 81.2 cm³/mol. The van der Waals surface area contributed by atoms with Crippen LogP contribution < -0.4 is 0 Å². The molecule has 2 heteroatoms. The van der Waals surface area contributed by atoms with E-state index in [4.69, 9.17) is 4.74 Å². The van der Waals surface area contributed by atoms with Gasteiger partial charge >= 0.3 is 0 Å². The summed E-state index contributed by atoms with van der Waals surface area (Å²) < 4.78 is 5.79. The van der Waals surface area contributed by atoms with Crippen LogP contribution in [0.3, 0.4) is 0 Å². The third kappa shape index (κ3) is 4.96. The average Bonchev–Trinajstić information content (AvgIpc) is 2.55. The Labute approximate surface area is 117 Å². The zero-order valence-electron chi connectivity index (χ0n) is 12.5. The summed E-state index contributed by atoms with van der Waals surface area (Å²) in [6.45, 7) is 10.1. The Balaban J connectivity index is 1.80. The standard InChI is InChI=1S/C17H27NO/c1-14(10-17-8-6-4-5-7-9-17)11-18-12-15(2)19-16(3)13-18/h4-8,14-16H,9-13H2,1-3H3. The Morgan fingerprint density at radius 3 is 2.68 bits per heavy atom. The minimum atomic E-state index is 0.374. The number of hydrogen-bond donors (Lipinski definition) is 0. The van der Waals surface area contributed by atoms with Gasteiger partial charge in [0, 0.05) is 19.6 Å². The molecule has 1 aliphatic carbocycles. The van der Waals surface area contributed by atoms with Gasteiger partial charge < -0.3 is 4.74 Å². The molecule has 0 aromatic carbocycles. The van der Waals surface area contributed by atoms with Gasteiger partial charge in [0.1, 0.15) is 0 Å². The van der Waals surface area contributed by atoms with Crippen LogP contribution in [0.15, 0.2) is 36.0 Å². The highest BCUT2D eigenvalue weighted by Gasteiger charge is 2.23. The molecule has 3 atom stereocenters. The monoisotopic (exact) mass is 261 g/mol. The molecule has 0 aromatic heterocycles. The lowest BCUT2D eigenvalue weighted by Crippen LogP contribution is -2.46. The lowest BCUT2D eigenvalue weighted by Gasteiger charge is -2.36. The largest absolute Gasteiger partial charge is 0.373 e. The van der Waals surface area contributed by atoms with Crippen molar-refractivity contribution in [2.24, 2.45) is 5.92 Å². The molecule has 2 rings (SSSR count). The molecule has 0 radical (unpaired) electrons. The summed E-state index contributed by atoms with van der Waals surface area (Å²) in [5, 5.41) is 0. The van der Waals surface area contributed by atoms with Gasteiger partial charge in [0.2, 0.25) is 0 Å². The first-order valence-corrected chi connectivity index (χ1v) is 7.52. The van der Waals surface area contributed by atoms with Gasteiger partial charge in [0.25, 0.3) is 0 Å². The molecule has 1 aliphatic heterocycles. The summed E-state index contributed by atoms with van der Waals surface area (Å²) in [6, 6.07) is 0. The molecule has 0 saturated carbocycles. The Bertz CT molecular complexity index is 359. The van der Waals surface area contributed by atoms with Crippen LogP contribution in [-0.4, -0.2) is 36.7 Å². The average molecular weight is 261 g/mol. The van der Waals surface area contributed by atoms with E-state index in [-0.39, 0.29) is 0 Å². The second-order valence-electron chi connectivity index (χ2n) is 6.13. The molecule has 2 aliphatic rings. The lowest BCUT2D eigenvalue weighted by atomic mass is 9.97. The highest BCUT2D eigenvalue weighted by molar-refractivity contribution is 5.23. The van der Waals surface area contributed by atoms with Gasteiger partial charge in [-0.25, -0.2) is 0 Å². The van der Waals surface area contributed by atoms with Crippen LogP contribution in [0.1, 0.15) is 33.6 Å². The molecule has 1 heterocycles. The first kappa shape index (κ1) is 14.5. The van der Waals surface area contributed by atoms with Crippen LogP contribution >= 0.6 is 0 Å². The third-order valence-corrected chi connectivity index (χ3v) is 3.75. The molecule has 0 amide bonds. The van der Waals surface area contributed by atoms with E-state index in [2.05, 4.69) is 56.1 Å². The van der Waals surface area contributed by atoms with Gasteiger partial charge in [-0.15, -0.1) is 0 Å². The predicted octanol–water partition coefficient (Wildman–Crippen LogP) is 3.56. The first-order valence-electron chi connectivity index (χ1n) is 7.52. The van der Waals surface area contributed by atoms with Crippen LogP contribution in [0, 0.1) is 5.92 Å². The van der Waals surface area contributed by atoms with Crippen molar-refractivity contribution in [2.75, 3.05) is 19.6 Å². The summed E-state index contributed by atoms with van der Waals surface area (Å²) in [5.41, 5.74) is 1.55. The lowest BCUT2D eigenvalue weighted by molar-refractivity contribution is -0.0709. The molecule has 3 unspecified atom stereocenters. The highest BCUT2D eigenvalue weighted by atomic mass is 16.5. The van der Waals surface area contributed by atoms with E-state index in [1.807, 2.05) is 0 Å². The van der Waals surface area contributed by atoms with Crippen LogP contribution in [-0.2, 0) is 4.74 Å². The van der Waals surface area contributed by atoms with Gasteiger partial charge in [0.05, 0.1) is 12.2 Å². The van der Waals surface area contributed by atoms with Gasteiger partial charge in [-0.1, -0.05) is 42.9 Å². The molecule has 106 valence electrons. The maximum atomic E-state index is 5.79. The molecule has 1 fully saturated rings. The van der Waals surface area contributed by atoms with E-state index >= 15 is 0 Å². The summed E-state index contributed by atoms with van der Waals surface area (Å²) in [5.74, 6) is 0.712. The van der Waals surface area contributed by atoms with Gasteiger partial charge in [-0.3, -0.25) is 4.90 Å². The normalized spacial score (nSPS) is 29.9. The zero-order chi connectivity index (χ0) is 13.7. The van der Waals surface area contributed by atoms with E-state index in [0.29, 0.717) is 18.1 Å². The smallest absolute Gasteiger partial charge is 0.0678 e. The van der Waals surface area contributed by atoms with Gasteiger partial charge in [-0.05, 0) is 32.6 Å². The highest BCUT2D eigenvalue weighted by Crippen LogP contribution is 2.20. The second-order valence-corrected chi connectivity index (χ2v) is 6.13. The molecule has 0 N–H and O–H groups in total. The van der Waals surface area contributed by atoms with Crippen molar-refractivity contribution in [1.82, 2.24) is 4.90 Å². The van der Waals surface area contributed by atoms with E-state index in [1.165, 1.54) is 13.0 Å². The molecule has 0 bridgehead atoms. The van der Waals surface area contributed by atoms with Crippen molar-refractivity contribution < 1.29 is 4.74 Å². The van der Waals surface area contributed by atoms with Crippen LogP contribution in [0.2, 0.25) is 0 Å². The second kappa shape index (κ2) is 7.06. The van der Waals surface area contributed by atoms with Crippen molar-refractivity contribution in [3.05, 3.63) is 36.0 Å². The molecule has 2 nitrogen and oxygen atoms in total. The number of ether oxygens (including phenoxy) is 1. The van der Waals surface area contributed by atoms with Crippen molar-refractivity contribution in [3.8, 4) is 0 Å². The molecule has 19 heavy (non-hydrogen) atoms. The summed E-state index contributed by atoms with van der Waals surface area (Å²) in [4.78, 5) is 2.56. The first-order chi connectivity index (χ1) is 9.13. The number of hydrogen-bond acceptors (Lipinski definition) is 2. The fraction of sp³-hybridized carbons (Fsp3) is 0.647. The number of allylic oxidation sites excluding steroid dienone is 6. The van der Waals surface area contributed by atoms with E-state index in [1.54, 1.807) is 5.57 Å². The van der Waals surface area contributed by atoms with Gasteiger partial charge in [0.15, 0.2) is 0 Å². The maximum absolute atomic E-state index is 5.79. The van der Waals surface area contributed by atoms with Crippen molar-refractivity contribution in [1.29, 1.82) is 0 Å². The summed E-state index contributed by atoms with van der Waals surface area (Å²) in [6.07, 6.45) is 14.0. The SMILES string of the molecule is CC(CC1=CC=CC=CC1)CN1CC(C)OC(C)C1. The Morgan fingerprint density at radius 2 is 1.95 bits per heavy atom. The quantitative estimate of drug-likeness (QED) is 0.767.